The van der Waals surface area contributed by atoms with Crippen molar-refractivity contribution in [3.8, 4) is 0 Å². The van der Waals surface area contributed by atoms with Gasteiger partial charge in [-0.2, -0.15) is 8.42 Å². The summed E-state index contributed by atoms with van der Waals surface area (Å²) in [5.41, 5.74) is 0.0830. The van der Waals surface area contributed by atoms with E-state index in [2.05, 4.69) is 0 Å². The Morgan fingerprint density at radius 1 is 1.47 bits per heavy atom. The Morgan fingerprint density at radius 2 is 2.06 bits per heavy atom. The lowest BCUT2D eigenvalue weighted by molar-refractivity contribution is -0.384. The zero-order valence-corrected chi connectivity index (χ0v) is 10.7. The van der Waals surface area contributed by atoms with Crippen molar-refractivity contribution in [2.45, 2.75) is 13.0 Å². The molecule has 0 radical (unpaired) electrons. The van der Waals surface area contributed by atoms with Gasteiger partial charge < -0.3 is 0 Å². The van der Waals surface area contributed by atoms with Crippen LogP contribution in [0.3, 0.4) is 0 Å². The Hall–Kier alpha value is -1.18. The van der Waals surface area contributed by atoms with Gasteiger partial charge in [0, 0.05) is 6.07 Å². The van der Waals surface area contributed by atoms with E-state index < -0.39 is 21.1 Å². The first-order chi connectivity index (χ1) is 7.70. The third-order valence-electron chi connectivity index (χ3n) is 1.96. The minimum absolute atomic E-state index is 0.00898. The van der Waals surface area contributed by atoms with Gasteiger partial charge in [0.2, 0.25) is 0 Å². The minimum atomic E-state index is -3.62. The molecule has 0 fully saturated rings. The lowest BCUT2D eigenvalue weighted by atomic mass is 10.1. The molecule has 1 aromatic rings. The highest BCUT2D eigenvalue weighted by Crippen LogP contribution is 2.29. The molecule has 0 aromatic heterocycles. The molecule has 0 saturated heterocycles. The molecule has 17 heavy (non-hydrogen) atoms. The normalized spacial score (nSPS) is 13.4. The molecule has 0 amide bonds. The van der Waals surface area contributed by atoms with Crippen molar-refractivity contribution in [1.82, 2.24) is 0 Å². The molecular weight excluding hydrogens is 270 g/mol. The second kappa shape index (κ2) is 4.99. The van der Waals surface area contributed by atoms with E-state index in [1.54, 1.807) is 0 Å². The van der Waals surface area contributed by atoms with Gasteiger partial charge in [0.15, 0.2) is 0 Å². The Bertz CT molecular complexity index is 542. The van der Waals surface area contributed by atoms with Crippen molar-refractivity contribution < 1.29 is 17.5 Å². The fraction of sp³-hybridized carbons (Fsp3) is 0.333. The van der Waals surface area contributed by atoms with E-state index in [-0.39, 0.29) is 10.7 Å². The maximum absolute atomic E-state index is 10.9. The van der Waals surface area contributed by atoms with Gasteiger partial charge in [0.25, 0.3) is 15.8 Å². The summed E-state index contributed by atoms with van der Waals surface area (Å²) < 4.78 is 26.5. The maximum atomic E-state index is 10.9. The molecule has 1 aromatic carbocycles. The van der Waals surface area contributed by atoms with Gasteiger partial charge >= 0.3 is 0 Å². The van der Waals surface area contributed by atoms with Gasteiger partial charge in [-0.1, -0.05) is 17.7 Å². The van der Waals surface area contributed by atoms with E-state index in [0.717, 1.165) is 6.26 Å². The predicted octanol–water partition coefficient (Wildman–Crippen LogP) is 2.29. The van der Waals surface area contributed by atoms with Gasteiger partial charge in [-0.3, -0.25) is 14.3 Å². The van der Waals surface area contributed by atoms with Gasteiger partial charge in [0.1, 0.15) is 5.02 Å². The van der Waals surface area contributed by atoms with Crippen LogP contribution in [-0.2, 0) is 14.3 Å². The molecule has 0 heterocycles. The first-order valence-corrected chi connectivity index (χ1v) is 6.72. The van der Waals surface area contributed by atoms with E-state index in [1.807, 2.05) is 0 Å². The van der Waals surface area contributed by atoms with Crippen LogP contribution in [0.2, 0.25) is 5.02 Å². The van der Waals surface area contributed by atoms with E-state index in [9.17, 15) is 18.5 Å². The summed E-state index contributed by atoms with van der Waals surface area (Å²) in [6.45, 7) is 1.48. The summed E-state index contributed by atoms with van der Waals surface area (Å²) in [5.74, 6) is 0. The van der Waals surface area contributed by atoms with E-state index in [4.69, 9.17) is 15.8 Å². The summed E-state index contributed by atoms with van der Waals surface area (Å²) in [5, 5.41) is 10.6. The molecule has 0 aliphatic carbocycles. The Labute approximate surface area is 103 Å². The monoisotopic (exact) mass is 279 g/mol. The lowest BCUT2D eigenvalue weighted by Crippen LogP contribution is -2.07. The highest BCUT2D eigenvalue weighted by molar-refractivity contribution is 7.86. The van der Waals surface area contributed by atoms with E-state index in [1.165, 1.54) is 25.1 Å². The van der Waals surface area contributed by atoms with Crippen molar-refractivity contribution in [2.75, 3.05) is 6.26 Å². The van der Waals surface area contributed by atoms with Crippen LogP contribution in [0.1, 0.15) is 18.6 Å². The first-order valence-electron chi connectivity index (χ1n) is 4.53. The molecule has 8 heteroatoms. The molecule has 1 unspecified atom stereocenters. The van der Waals surface area contributed by atoms with Crippen molar-refractivity contribution in [3.63, 3.8) is 0 Å². The van der Waals surface area contributed by atoms with Crippen LogP contribution in [0, 0.1) is 10.1 Å². The molecule has 0 bridgehead atoms. The second-order valence-corrected chi connectivity index (χ2v) is 5.42. The van der Waals surface area contributed by atoms with Gasteiger partial charge in [-0.25, -0.2) is 0 Å². The zero-order valence-electron chi connectivity index (χ0n) is 9.08. The number of nitro groups is 1. The summed E-state index contributed by atoms with van der Waals surface area (Å²) in [6.07, 6.45) is 0.106. The fourth-order valence-corrected chi connectivity index (χ4v) is 2.06. The largest absolute Gasteiger partial charge is 0.288 e. The molecule has 0 saturated carbocycles. The fourth-order valence-electron chi connectivity index (χ4n) is 1.24. The highest BCUT2D eigenvalue weighted by atomic mass is 35.5. The van der Waals surface area contributed by atoms with Crippen molar-refractivity contribution in [1.29, 1.82) is 0 Å². The standard InChI is InChI=1S/C9H10ClNO5S/c1-6(16-17(2,14)15)7-3-4-8(10)9(5-7)11(12)13/h3-6H,1-2H3. The van der Waals surface area contributed by atoms with Gasteiger partial charge in [-0.05, 0) is 18.6 Å². The third-order valence-corrected chi connectivity index (χ3v) is 2.91. The van der Waals surface area contributed by atoms with Crippen LogP contribution in [-0.4, -0.2) is 19.6 Å². The molecular formula is C9H10ClNO5S. The molecule has 6 nitrogen and oxygen atoms in total. The molecule has 1 rings (SSSR count). The SMILES string of the molecule is CC(OS(C)(=O)=O)c1ccc(Cl)c([N+](=O)[O-])c1. The first kappa shape index (κ1) is 13.9. The Morgan fingerprint density at radius 3 is 2.53 bits per heavy atom. The maximum Gasteiger partial charge on any atom is 0.288 e. The van der Waals surface area contributed by atoms with Crippen LogP contribution in [0.15, 0.2) is 18.2 Å². The summed E-state index contributed by atoms with van der Waals surface area (Å²) in [4.78, 5) is 10.0. The summed E-state index contributed by atoms with van der Waals surface area (Å²) in [7, 11) is -3.62. The second-order valence-electron chi connectivity index (χ2n) is 3.41. The van der Waals surface area contributed by atoms with Crippen molar-refractivity contribution in [3.05, 3.63) is 38.9 Å². The van der Waals surface area contributed by atoms with Gasteiger partial charge in [-0.15, -0.1) is 0 Å². The third kappa shape index (κ3) is 3.95. The average molecular weight is 280 g/mol. The van der Waals surface area contributed by atoms with Crippen molar-refractivity contribution in [2.24, 2.45) is 0 Å². The van der Waals surface area contributed by atoms with Gasteiger partial charge in [0.05, 0.1) is 17.3 Å². The summed E-state index contributed by atoms with van der Waals surface area (Å²) >= 11 is 5.63. The van der Waals surface area contributed by atoms with E-state index in [0.29, 0.717) is 5.56 Å². The van der Waals surface area contributed by atoms with E-state index >= 15 is 0 Å². The molecule has 0 spiro atoms. The number of halogens is 1. The number of hydrogen-bond donors (Lipinski definition) is 0. The Kier molecular flexibility index (Phi) is 4.07. The number of hydrogen-bond acceptors (Lipinski definition) is 5. The van der Waals surface area contributed by atoms with Crippen LogP contribution in [0.5, 0.6) is 0 Å². The molecule has 94 valence electrons. The smallest absolute Gasteiger partial charge is 0.262 e. The molecule has 0 aliphatic rings. The number of rotatable bonds is 4. The van der Waals surface area contributed by atoms with Crippen LogP contribution >= 0.6 is 11.6 Å². The average Bonchev–Trinajstić information content (AvgIpc) is 2.14. The molecule has 0 aliphatic heterocycles. The van der Waals surface area contributed by atoms with Crippen LogP contribution in [0.4, 0.5) is 5.69 Å². The van der Waals surface area contributed by atoms with Crippen LogP contribution < -0.4 is 0 Å². The number of benzene rings is 1. The molecule has 1 atom stereocenters. The van der Waals surface area contributed by atoms with Crippen LogP contribution in [0.25, 0.3) is 0 Å². The van der Waals surface area contributed by atoms with Crippen molar-refractivity contribution >= 4 is 27.4 Å². The Balaban J connectivity index is 3.08. The highest BCUT2D eigenvalue weighted by Gasteiger charge is 2.18. The topological polar surface area (TPSA) is 86.5 Å². The number of nitrogens with zero attached hydrogens (tertiary/aromatic N) is 1. The molecule has 0 N–H and O–H groups in total. The quantitative estimate of drug-likeness (QED) is 0.479. The predicted molar refractivity (Wildman–Crippen MR) is 62.5 cm³/mol. The number of nitro benzene ring substituents is 1. The minimum Gasteiger partial charge on any atom is -0.262 e. The lowest BCUT2D eigenvalue weighted by Gasteiger charge is -2.11. The zero-order chi connectivity index (χ0) is 13.2. The summed E-state index contributed by atoms with van der Waals surface area (Å²) in [6, 6.07) is 4.00.